The molecule has 0 saturated heterocycles. The monoisotopic (exact) mass is 516 g/mol. The molecule has 0 amide bonds. The molecule has 186 valence electrons. The Bertz CT molecular complexity index is 620. The Hall–Kier alpha value is -1.70. The van der Waals surface area contributed by atoms with Crippen LogP contribution in [0.15, 0.2) is 11.9 Å². The van der Waals surface area contributed by atoms with E-state index in [1.54, 1.807) is 0 Å². The Morgan fingerprint density at radius 2 is 0.645 bits per heavy atom. The second-order valence-corrected chi connectivity index (χ2v) is 5.09. The largest absolute Gasteiger partial charge is 0.456 e. The molecule has 0 fully saturated rings. The third-order valence-electron chi connectivity index (χ3n) is 3.10. The number of ether oxygens (including phenoxy) is 1. The molecule has 0 heterocycles. The van der Waals surface area contributed by atoms with Crippen LogP contribution in [0.2, 0.25) is 0 Å². The minimum absolute atomic E-state index is 1.17. The number of halogens is 20. The second kappa shape index (κ2) is 7.42. The fourth-order valence-electron chi connectivity index (χ4n) is 1.73. The summed E-state index contributed by atoms with van der Waals surface area (Å²) in [6, 6.07) is 0. The van der Waals surface area contributed by atoms with Gasteiger partial charge in [0.05, 0.1) is 0 Å². The van der Waals surface area contributed by atoms with Crippen molar-refractivity contribution >= 4 is 0 Å². The van der Waals surface area contributed by atoms with Crippen LogP contribution in [0, 0.1) is 0 Å². The predicted molar refractivity (Wildman–Crippen MR) is 52.1 cm³/mol. The fraction of sp³-hybridized carbons (Fsp3) is 0.800. The summed E-state index contributed by atoms with van der Waals surface area (Å²) in [6.45, 7) is 0. The van der Waals surface area contributed by atoms with Crippen molar-refractivity contribution in [2.45, 2.75) is 48.0 Å². The minimum Gasteiger partial charge on any atom is -0.288 e. The number of rotatable bonds is 6. The molecular weight excluding hydrogens is 516 g/mol. The van der Waals surface area contributed by atoms with Crippen LogP contribution in [0.1, 0.15) is 0 Å². The van der Waals surface area contributed by atoms with Crippen molar-refractivity contribution in [1.29, 1.82) is 0 Å². The molecule has 31 heavy (non-hydrogen) atoms. The van der Waals surface area contributed by atoms with Crippen molar-refractivity contribution in [3.8, 4) is 0 Å². The maximum Gasteiger partial charge on any atom is 0.456 e. The lowest BCUT2D eigenvalue weighted by Gasteiger charge is -2.49. The highest BCUT2D eigenvalue weighted by atomic mass is 19.4. The molecule has 1 nitrogen and oxygen atoms in total. The van der Waals surface area contributed by atoms with E-state index in [-0.39, 0.29) is 0 Å². The molecule has 0 aliphatic rings. The van der Waals surface area contributed by atoms with Crippen LogP contribution in [0.4, 0.5) is 87.8 Å². The molecule has 21 heteroatoms. The Balaban J connectivity index is 7.96. The molecule has 0 unspecified atom stereocenters. The third-order valence-corrected chi connectivity index (χ3v) is 3.10. The maximum atomic E-state index is 13.4. The van der Waals surface area contributed by atoms with E-state index in [1.807, 2.05) is 0 Å². The zero-order valence-corrected chi connectivity index (χ0v) is 13.0. The first-order valence-corrected chi connectivity index (χ1v) is 6.19. The standard InChI is InChI=1S/C10F20O/c11-1(2(12)13)3(14,15)31-4(5(16,17)8(22,23)24,6(18,19)9(25,26)27)7(20,21)10(28,29)30. The van der Waals surface area contributed by atoms with Gasteiger partial charge in [-0.15, -0.1) is 0 Å². The Labute approximate surface area is 154 Å². The molecule has 0 bridgehead atoms. The summed E-state index contributed by atoms with van der Waals surface area (Å²) in [5, 5.41) is 0. The minimum atomic E-state index is -9.14. The molecule has 0 radical (unpaired) electrons. The lowest BCUT2D eigenvalue weighted by atomic mass is 9.79. The van der Waals surface area contributed by atoms with E-state index in [2.05, 4.69) is 0 Å². The van der Waals surface area contributed by atoms with E-state index in [0.717, 1.165) is 0 Å². The molecule has 0 aliphatic heterocycles. The van der Waals surface area contributed by atoms with E-state index in [4.69, 9.17) is 0 Å². The molecule has 0 atom stereocenters. The van der Waals surface area contributed by atoms with Gasteiger partial charge in [0.15, 0.2) is 0 Å². The van der Waals surface area contributed by atoms with Crippen molar-refractivity contribution in [2.24, 2.45) is 0 Å². The van der Waals surface area contributed by atoms with E-state index in [0.29, 0.717) is 0 Å². The molecule has 0 saturated carbocycles. The molecule has 0 rings (SSSR count). The molecule has 0 aromatic heterocycles. The number of hydrogen-bond donors (Lipinski definition) is 0. The van der Waals surface area contributed by atoms with Gasteiger partial charge in [0.25, 0.3) is 11.4 Å². The zero-order chi connectivity index (χ0) is 25.9. The summed E-state index contributed by atoms with van der Waals surface area (Å²) in [6.07, 6.45) is -37.6. The topological polar surface area (TPSA) is 9.23 Å². The lowest BCUT2D eigenvalue weighted by molar-refractivity contribution is -0.520. The van der Waals surface area contributed by atoms with Gasteiger partial charge in [-0.3, -0.25) is 4.74 Å². The van der Waals surface area contributed by atoms with E-state index in [1.165, 1.54) is 4.74 Å². The summed E-state index contributed by atoms with van der Waals surface area (Å²) >= 11 is 0. The summed E-state index contributed by atoms with van der Waals surface area (Å²) in [4.78, 5) is 0. The highest BCUT2D eigenvalue weighted by Gasteiger charge is 2.98. The van der Waals surface area contributed by atoms with Crippen LogP contribution in [-0.4, -0.2) is 48.0 Å². The van der Waals surface area contributed by atoms with Gasteiger partial charge in [-0.1, -0.05) is 0 Å². The van der Waals surface area contributed by atoms with E-state index in [9.17, 15) is 87.8 Å². The molecule has 0 aromatic rings. The maximum absolute atomic E-state index is 13.4. The van der Waals surface area contributed by atoms with Gasteiger partial charge in [-0.25, -0.2) is 0 Å². The van der Waals surface area contributed by atoms with Crippen LogP contribution in [0.5, 0.6) is 0 Å². The van der Waals surface area contributed by atoms with Gasteiger partial charge in [0.1, 0.15) is 0 Å². The summed E-state index contributed by atoms with van der Waals surface area (Å²) in [5.74, 6) is -31.8. The summed E-state index contributed by atoms with van der Waals surface area (Å²) in [7, 11) is 0. The smallest absolute Gasteiger partial charge is 0.288 e. The Kier molecular flexibility index (Phi) is 7.02. The lowest BCUT2D eigenvalue weighted by Crippen LogP contribution is -2.82. The van der Waals surface area contributed by atoms with E-state index < -0.39 is 59.9 Å². The Morgan fingerprint density at radius 1 is 0.419 bits per heavy atom. The van der Waals surface area contributed by atoms with Gasteiger partial charge in [-0.2, -0.15) is 87.8 Å². The van der Waals surface area contributed by atoms with E-state index >= 15 is 0 Å². The van der Waals surface area contributed by atoms with Gasteiger partial charge in [0, 0.05) is 0 Å². The summed E-state index contributed by atoms with van der Waals surface area (Å²) in [5.41, 5.74) is -9.14. The second-order valence-electron chi connectivity index (χ2n) is 5.09. The normalized spacial score (nSPS) is 15.9. The van der Waals surface area contributed by atoms with Crippen molar-refractivity contribution in [2.75, 3.05) is 0 Å². The summed E-state index contributed by atoms with van der Waals surface area (Å²) < 4.78 is 255. The van der Waals surface area contributed by atoms with Crippen LogP contribution in [0.25, 0.3) is 0 Å². The van der Waals surface area contributed by atoms with Crippen molar-refractivity contribution < 1.29 is 92.5 Å². The first kappa shape index (κ1) is 29.3. The molecule has 0 N–H and O–H groups in total. The molecule has 0 aliphatic carbocycles. The number of alkyl halides is 17. The van der Waals surface area contributed by atoms with Gasteiger partial charge < -0.3 is 0 Å². The molecular formula is C10F20O. The van der Waals surface area contributed by atoms with Crippen LogP contribution >= 0.6 is 0 Å². The van der Waals surface area contributed by atoms with Crippen molar-refractivity contribution in [1.82, 2.24) is 0 Å². The quantitative estimate of drug-likeness (QED) is 0.346. The number of hydrogen-bond acceptors (Lipinski definition) is 1. The fourth-order valence-corrected chi connectivity index (χ4v) is 1.73. The van der Waals surface area contributed by atoms with Crippen LogP contribution in [-0.2, 0) is 4.74 Å². The molecule has 0 spiro atoms. The first-order valence-electron chi connectivity index (χ1n) is 6.19. The van der Waals surface area contributed by atoms with Crippen molar-refractivity contribution in [3.05, 3.63) is 11.9 Å². The highest BCUT2D eigenvalue weighted by Crippen LogP contribution is 2.66. The first-order chi connectivity index (χ1) is 13.1. The molecule has 0 aromatic carbocycles. The highest BCUT2D eigenvalue weighted by molar-refractivity contribution is 5.21. The predicted octanol–water partition coefficient (Wildman–Crippen LogP) is 7.01. The third kappa shape index (κ3) is 4.20. The average molecular weight is 516 g/mol. The van der Waals surface area contributed by atoms with Crippen molar-refractivity contribution in [3.63, 3.8) is 0 Å². The Morgan fingerprint density at radius 3 is 0.806 bits per heavy atom. The SMILES string of the molecule is FC(F)=C(F)C(F)(F)OC(C(F)(F)C(F)(F)F)(C(F)(F)C(F)(F)F)C(F)(F)C(F)(F)F. The van der Waals surface area contributed by atoms with Gasteiger partial charge >= 0.3 is 48.5 Å². The van der Waals surface area contributed by atoms with Crippen LogP contribution < -0.4 is 0 Å². The van der Waals surface area contributed by atoms with Gasteiger partial charge in [0.2, 0.25) is 0 Å². The average Bonchev–Trinajstić information content (AvgIpc) is 2.47. The van der Waals surface area contributed by atoms with Gasteiger partial charge in [-0.05, 0) is 0 Å². The van der Waals surface area contributed by atoms with Crippen LogP contribution in [0.3, 0.4) is 0 Å². The zero-order valence-electron chi connectivity index (χ0n) is 13.0.